The van der Waals surface area contributed by atoms with E-state index in [1.54, 1.807) is 12.3 Å². The molecule has 2 N–H and O–H groups in total. The van der Waals surface area contributed by atoms with Crippen molar-refractivity contribution in [3.8, 4) is 0 Å². The maximum Gasteiger partial charge on any atom is 0.258 e. The van der Waals surface area contributed by atoms with Crippen molar-refractivity contribution in [2.24, 2.45) is 0 Å². The first-order valence-electron chi connectivity index (χ1n) is 5.48. The quantitative estimate of drug-likeness (QED) is 0.719. The summed E-state index contributed by atoms with van der Waals surface area (Å²) in [5.74, 6) is 0.231. The standard InChI is InChI=1S/C13H10N4O/c18-13(17-11-8-14-6-7-15-11)10-3-1-2-9-4-5-16-12(9)10/h1-8,16H,(H,15,17,18). The van der Waals surface area contributed by atoms with Crippen molar-refractivity contribution in [1.29, 1.82) is 0 Å². The van der Waals surface area contributed by atoms with Gasteiger partial charge in [-0.25, -0.2) is 4.98 Å². The van der Waals surface area contributed by atoms with Gasteiger partial charge in [0.2, 0.25) is 0 Å². The number of carbonyl (C=O) groups excluding carboxylic acids is 1. The molecule has 0 aliphatic rings. The number of hydrogen-bond acceptors (Lipinski definition) is 3. The minimum Gasteiger partial charge on any atom is -0.361 e. The van der Waals surface area contributed by atoms with Gasteiger partial charge in [0.1, 0.15) is 0 Å². The van der Waals surface area contributed by atoms with Crippen molar-refractivity contribution >= 4 is 22.6 Å². The summed E-state index contributed by atoms with van der Waals surface area (Å²) < 4.78 is 0. The summed E-state index contributed by atoms with van der Waals surface area (Å²) in [5.41, 5.74) is 1.40. The van der Waals surface area contributed by atoms with Gasteiger partial charge in [-0.05, 0) is 12.1 Å². The minimum atomic E-state index is -0.205. The van der Waals surface area contributed by atoms with Gasteiger partial charge >= 0.3 is 0 Å². The van der Waals surface area contributed by atoms with Crippen LogP contribution in [-0.2, 0) is 0 Å². The van der Waals surface area contributed by atoms with Gasteiger partial charge in [-0.1, -0.05) is 12.1 Å². The van der Waals surface area contributed by atoms with E-state index in [4.69, 9.17) is 0 Å². The zero-order valence-electron chi connectivity index (χ0n) is 9.42. The van der Waals surface area contributed by atoms with Crippen LogP contribution < -0.4 is 5.32 Å². The molecule has 0 saturated carbocycles. The van der Waals surface area contributed by atoms with E-state index in [1.165, 1.54) is 12.4 Å². The van der Waals surface area contributed by atoms with E-state index in [-0.39, 0.29) is 5.91 Å². The monoisotopic (exact) mass is 238 g/mol. The number of benzene rings is 1. The number of anilines is 1. The Labute approximate surface area is 103 Å². The smallest absolute Gasteiger partial charge is 0.258 e. The van der Waals surface area contributed by atoms with Crippen LogP contribution in [0.25, 0.3) is 10.9 Å². The Balaban J connectivity index is 1.95. The fourth-order valence-electron chi connectivity index (χ4n) is 1.82. The minimum absolute atomic E-state index is 0.205. The Morgan fingerprint density at radius 3 is 3.00 bits per heavy atom. The average molecular weight is 238 g/mol. The van der Waals surface area contributed by atoms with Gasteiger partial charge in [0.15, 0.2) is 5.82 Å². The molecule has 0 saturated heterocycles. The number of nitrogens with one attached hydrogen (secondary N) is 2. The summed E-state index contributed by atoms with van der Waals surface area (Å²) >= 11 is 0. The van der Waals surface area contributed by atoms with Gasteiger partial charge in [0.25, 0.3) is 5.91 Å². The van der Waals surface area contributed by atoms with E-state index in [0.29, 0.717) is 11.4 Å². The van der Waals surface area contributed by atoms with Crippen LogP contribution in [-0.4, -0.2) is 20.9 Å². The molecule has 3 aromatic rings. The molecule has 3 rings (SSSR count). The number of hydrogen-bond donors (Lipinski definition) is 2. The molecule has 2 heterocycles. The van der Waals surface area contributed by atoms with E-state index in [2.05, 4.69) is 20.3 Å². The summed E-state index contributed by atoms with van der Waals surface area (Å²) in [4.78, 5) is 23.1. The molecule has 0 bridgehead atoms. The molecule has 2 aromatic heterocycles. The highest BCUT2D eigenvalue weighted by Gasteiger charge is 2.11. The van der Waals surface area contributed by atoms with Gasteiger partial charge in [0, 0.05) is 24.0 Å². The average Bonchev–Trinajstić information content (AvgIpc) is 2.87. The lowest BCUT2D eigenvalue weighted by atomic mass is 10.1. The van der Waals surface area contributed by atoms with Crippen LogP contribution in [0.1, 0.15) is 10.4 Å². The molecule has 0 aliphatic carbocycles. The summed E-state index contributed by atoms with van der Waals surface area (Å²) in [7, 11) is 0. The molecule has 0 fully saturated rings. The molecule has 0 spiro atoms. The molecule has 5 nitrogen and oxygen atoms in total. The Hall–Kier alpha value is -2.69. The fourth-order valence-corrected chi connectivity index (χ4v) is 1.82. The predicted octanol–water partition coefficient (Wildman–Crippen LogP) is 2.21. The number of amides is 1. The number of para-hydroxylation sites is 1. The molecule has 88 valence electrons. The molecule has 18 heavy (non-hydrogen) atoms. The highest BCUT2D eigenvalue weighted by atomic mass is 16.1. The maximum absolute atomic E-state index is 12.1. The second-order valence-electron chi connectivity index (χ2n) is 3.79. The number of rotatable bonds is 2. The lowest BCUT2D eigenvalue weighted by molar-refractivity contribution is 0.102. The molecule has 5 heteroatoms. The molecule has 0 radical (unpaired) electrons. The SMILES string of the molecule is O=C(Nc1cnccn1)c1cccc2cc[nH]c12. The Bertz CT molecular complexity index is 690. The zero-order chi connectivity index (χ0) is 12.4. The van der Waals surface area contributed by atoms with Crippen LogP contribution in [0, 0.1) is 0 Å². The number of carbonyl (C=O) groups is 1. The lowest BCUT2D eigenvalue weighted by Crippen LogP contribution is -2.13. The second kappa shape index (κ2) is 4.29. The highest BCUT2D eigenvalue weighted by molar-refractivity contribution is 6.11. The van der Waals surface area contributed by atoms with Crippen molar-refractivity contribution in [1.82, 2.24) is 15.0 Å². The van der Waals surface area contributed by atoms with Crippen molar-refractivity contribution in [3.05, 3.63) is 54.6 Å². The molecule has 1 amide bonds. The number of nitrogens with zero attached hydrogens (tertiary/aromatic N) is 2. The molecule has 0 atom stereocenters. The van der Waals surface area contributed by atoms with Gasteiger partial charge < -0.3 is 10.3 Å². The Morgan fingerprint density at radius 1 is 1.22 bits per heavy atom. The molecule has 1 aromatic carbocycles. The topological polar surface area (TPSA) is 70.7 Å². The third-order valence-corrected chi connectivity index (χ3v) is 2.64. The van der Waals surface area contributed by atoms with E-state index < -0.39 is 0 Å². The van der Waals surface area contributed by atoms with Gasteiger partial charge in [-0.2, -0.15) is 0 Å². The van der Waals surface area contributed by atoms with Crippen molar-refractivity contribution < 1.29 is 4.79 Å². The second-order valence-corrected chi connectivity index (χ2v) is 3.79. The van der Waals surface area contributed by atoms with Gasteiger partial charge in [-0.3, -0.25) is 9.78 Å². The van der Waals surface area contributed by atoms with E-state index >= 15 is 0 Å². The van der Waals surface area contributed by atoms with E-state index in [0.717, 1.165) is 10.9 Å². The van der Waals surface area contributed by atoms with Gasteiger partial charge in [0.05, 0.1) is 17.3 Å². The Morgan fingerprint density at radius 2 is 2.17 bits per heavy atom. The maximum atomic E-state index is 12.1. The van der Waals surface area contributed by atoms with Crippen LogP contribution in [0.15, 0.2) is 49.1 Å². The molecule has 0 aliphatic heterocycles. The summed E-state index contributed by atoms with van der Waals surface area (Å²) in [6.07, 6.45) is 6.41. The zero-order valence-corrected chi connectivity index (χ0v) is 9.42. The van der Waals surface area contributed by atoms with Crippen LogP contribution in [0.5, 0.6) is 0 Å². The van der Waals surface area contributed by atoms with Crippen LogP contribution in [0.4, 0.5) is 5.82 Å². The van der Waals surface area contributed by atoms with Crippen molar-refractivity contribution in [2.75, 3.05) is 5.32 Å². The fraction of sp³-hybridized carbons (Fsp3) is 0. The largest absolute Gasteiger partial charge is 0.361 e. The first-order valence-corrected chi connectivity index (χ1v) is 5.48. The number of H-pyrrole nitrogens is 1. The van der Waals surface area contributed by atoms with E-state index in [1.807, 2.05) is 24.4 Å². The first-order chi connectivity index (χ1) is 8.84. The lowest BCUT2D eigenvalue weighted by Gasteiger charge is -2.04. The van der Waals surface area contributed by atoms with Crippen LogP contribution >= 0.6 is 0 Å². The summed E-state index contributed by atoms with van der Waals surface area (Å²) in [6.45, 7) is 0. The normalized spacial score (nSPS) is 10.4. The number of aromatic amines is 1. The summed E-state index contributed by atoms with van der Waals surface area (Å²) in [6, 6.07) is 7.49. The van der Waals surface area contributed by atoms with Crippen LogP contribution in [0.3, 0.4) is 0 Å². The third-order valence-electron chi connectivity index (χ3n) is 2.64. The van der Waals surface area contributed by atoms with Crippen molar-refractivity contribution in [2.45, 2.75) is 0 Å². The Kier molecular flexibility index (Phi) is 2.49. The number of fused-ring (bicyclic) bond motifs is 1. The van der Waals surface area contributed by atoms with Gasteiger partial charge in [-0.15, -0.1) is 0 Å². The predicted molar refractivity (Wildman–Crippen MR) is 68.3 cm³/mol. The molecular formula is C13H10N4O. The van der Waals surface area contributed by atoms with E-state index in [9.17, 15) is 4.79 Å². The summed E-state index contributed by atoms with van der Waals surface area (Å²) in [5, 5.41) is 3.71. The third kappa shape index (κ3) is 1.82. The number of aromatic nitrogens is 3. The molecule has 0 unspecified atom stereocenters. The highest BCUT2D eigenvalue weighted by Crippen LogP contribution is 2.17. The first kappa shape index (κ1) is 10.5. The van der Waals surface area contributed by atoms with Crippen LogP contribution in [0.2, 0.25) is 0 Å². The molecular weight excluding hydrogens is 228 g/mol. The van der Waals surface area contributed by atoms with Crippen molar-refractivity contribution in [3.63, 3.8) is 0 Å².